The van der Waals surface area contributed by atoms with E-state index >= 15 is 0 Å². The zero-order chi connectivity index (χ0) is 9.42. The molecule has 0 aliphatic heterocycles. The average molecular weight is 182 g/mol. The van der Waals surface area contributed by atoms with Crippen molar-refractivity contribution in [3.63, 3.8) is 0 Å². The molecule has 1 aromatic heterocycles. The van der Waals surface area contributed by atoms with Crippen molar-refractivity contribution >= 4 is 11.0 Å². The van der Waals surface area contributed by atoms with Crippen LogP contribution in [0.3, 0.4) is 0 Å². The van der Waals surface area contributed by atoms with Gasteiger partial charge in [-0.15, -0.1) is 0 Å². The van der Waals surface area contributed by atoms with Crippen molar-refractivity contribution in [3.8, 4) is 0 Å². The Kier molecular flexibility index (Phi) is 1.76. The Morgan fingerprint density at radius 3 is 2.85 bits per heavy atom. The van der Waals surface area contributed by atoms with E-state index in [1.54, 1.807) is 13.0 Å². The molecule has 68 valence electrons. The number of H-pyrrole nitrogens is 1. The van der Waals surface area contributed by atoms with E-state index < -0.39 is 6.43 Å². The summed E-state index contributed by atoms with van der Waals surface area (Å²) in [5.41, 5.74) is 1.41. The summed E-state index contributed by atoms with van der Waals surface area (Å²) in [7, 11) is 0. The number of aryl methyl sites for hydroxylation is 1. The number of aromatic amines is 1. The summed E-state index contributed by atoms with van der Waals surface area (Å²) in [6, 6.07) is 4.42. The molecule has 0 aliphatic rings. The van der Waals surface area contributed by atoms with Crippen LogP contribution in [0.4, 0.5) is 8.78 Å². The zero-order valence-electron chi connectivity index (χ0n) is 7.01. The van der Waals surface area contributed by atoms with Crippen molar-refractivity contribution < 1.29 is 8.78 Å². The van der Waals surface area contributed by atoms with E-state index in [1.807, 2.05) is 0 Å². The fraction of sp³-hybridized carbons (Fsp3) is 0.222. The van der Waals surface area contributed by atoms with Crippen molar-refractivity contribution in [2.24, 2.45) is 0 Å². The highest BCUT2D eigenvalue weighted by atomic mass is 19.3. The van der Waals surface area contributed by atoms with E-state index in [0.29, 0.717) is 5.52 Å². The summed E-state index contributed by atoms with van der Waals surface area (Å²) in [5.74, 6) is 0.737. The number of imidazole rings is 1. The molecule has 0 saturated heterocycles. The Balaban J connectivity index is 2.61. The summed E-state index contributed by atoms with van der Waals surface area (Å²) < 4.78 is 24.5. The van der Waals surface area contributed by atoms with Crippen molar-refractivity contribution in [3.05, 3.63) is 29.6 Å². The number of rotatable bonds is 1. The maximum Gasteiger partial charge on any atom is 0.263 e. The number of nitrogens with one attached hydrogen (secondary N) is 1. The number of halogens is 2. The first kappa shape index (κ1) is 8.16. The zero-order valence-corrected chi connectivity index (χ0v) is 7.01. The van der Waals surface area contributed by atoms with Gasteiger partial charge in [0.25, 0.3) is 6.43 Å². The van der Waals surface area contributed by atoms with Gasteiger partial charge in [0.05, 0.1) is 11.0 Å². The smallest absolute Gasteiger partial charge is 0.263 e. The first-order valence-corrected chi connectivity index (χ1v) is 3.91. The molecule has 0 fully saturated rings. The predicted octanol–water partition coefficient (Wildman–Crippen LogP) is 2.81. The van der Waals surface area contributed by atoms with Crippen molar-refractivity contribution in [2.45, 2.75) is 13.3 Å². The number of hydrogen-bond acceptors (Lipinski definition) is 1. The highest BCUT2D eigenvalue weighted by molar-refractivity contribution is 5.75. The molecule has 0 atom stereocenters. The van der Waals surface area contributed by atoms with Gasteiger partial charge in [-0.05, 0) is 19.1 Å². The maximum absolute atomic E-state index is 12.3. The number of aromatic nitrogens is 2. The summed E-state index contributed by atoms with van der Waals surface area (Å²) in [6.07, 6.45) is -2.42. The molecule has 13 heavy (non-hydrogen) atoms. The quantitative estimate of drug-likeness (QED) is 0.721. The largest absolute Gasteiger partial charge is 0.342 e. The van der Waals surface area contributed by atoms with Crippen LogP contribution in [0.25, 0.3) is 11.0 Å². The van der Waals surface area contributed by atoms with Crippen molar-refractivity contribution in [1.82, 2.24) is 9.97 Å². The Morgan fingerprint density at radius 2 is 2.15 bits per heavy atom. The lowest BCUT2D eigenvalue weighted by molar-refractivity contribution is 0.151. The lowest BCUT2D eigenvalue weighted by atomic mass is 10.2. The fourth-order valence-electron chi connectivity index (χ4n) is 1.29. The molecule has 2 nitrogen and oxygen atoms in total. The minimum absolute atomic E-state index is 0.0242. The normalized spacial score (nSPS) is 11.4. The van der Waals surface area contributed by atoms with E-state index in [1.165, 1.54) is 12.1 Å². The maximum atomic E-state index is 12.3. The minimum Gasteiger partial charge on any atom is -0.342 e. The van der Waals surface area contributed by atoms with Crippen LogP contribution in [-0.2, 0) is 0 Å². The molecule has 1 aromatic carbocycles. The summed E-state index contributed by atoms with van der Waals surface area (Å²) >= 11 is 0. The van der Waals surface area contributed by atoms with Crippen LogP contribution < -0.4 is 0 Å². The lowest BCUT2D eigenvalue weighted by Gasteiger charge is -1.97. The van der Waals surface area contributed by atoms with Gasteiger partial charge in [-0.25, -0.2) is 13.8 Å². The lowest BCUT2D eigenvalue weighted by Crippen LogP contribution is -1.82. The number of alkyl halides is 2. The SMILES string of the molecule is Cc1nc2ccc(C(F)F)cc2[nH]1. The molecule has 0 saturated carbocycles. The predicted molar refractivity (Wildman–Crippen MR) is 45.8 cm³/mol. The number of nitrogens with zero attached hydrogens (tertiary/aromatic N) is 1. The van der Waals surface area contributed by atoms with Gasteiger partial charge < -0.3 is 4.98 Å². The number of benzene rings is 1. The minimum atomic E-state index is -2.42. The second-order valence-corrected chi connectivity index (χ2v) is 2.90. The van der Waals surface area contributed by atoms with Gasteiger partial charge in [0.1, 0.15) is 5.82 Å². The van der Waals surface area contributed by atoms with Gasteiger partial charge in [0, 0.05) is 5.56 Å². The molecule has 2 aromatic rings. The van der Waals surface area contributed by atoms with Crippen LogP contribution >= 0.6 is 0 Å². The third-order valence-corrected chi connectivity index (χ3v) is 1.88. The van der Waals surface area contributed by atoms with Crippen LogP contribution in [0.2, 0.25) is 0 Å². The third kappa shape index (κ3) is 1.39. The van der Waals surface area contributed by atoms with Crippen molar-refractivity contribution in [2.75, 3.05) is 0 Å². The molecule has 0 radical (unpaired) electrons. The van der Waals surface area contributed by atoms with E-state index in [-0.39, 0.29) is 5.56 Å². The topological polar surface area (TPSA) is 28.7 Å². The molecular formula is C9H8F2N2. The van der Waals surface area contributed by atoms with Gasteiger partial charge in [-0.3, -0.25) is 0 Å². The summed E-state index contributed by atoms with van der Waals surface area (Å²) in [6.45, 7) is 1.79. The van der Waals surface area contributed by atoms with Gasteiger partial charge in [-0.2, -0.15) is 0 Å². The van der Waals surface area contributed by atoms with E-state index in [0.717, 1.165) is 11.3 Å². The second-order valence-electron chi connectivity index (χ2n) is 2.90. The number of fused-ring (bicyclic) bond motifs is 1. The Morgan fingerprint density at radius 1 is 1.38 bits per heavy atom. The second kappa shape index (κ2) is 2.80. The van der Waals surface area contributed by atoms with Crippen LogP contribution in [0.5, 0.6) is 0 Å². The highest BCUT2D eigenvalue weighted by Crippen LogP contribution is 2.22. The Bertz CT molecular complexity index is 434. The Hall–Kier alpha value is -1.45. The molecule has 0 amide bonds. The van der Waals surface area contributed by atoms with E-state index in [9.17, 15) is 8.78 Å². The average Bonchev–Trinajstić information content (AvgIpc) is 2.42. The van der Waals surface area contributed by atoms with Gasteiger partial charge >= 0.3 is 0 Å². The van der Waals surface area contributed by atoms with E-state index in [2.05, 4.69) is 9.97 Å². The van der Waals surface area contributed by atoms with Crippen LogP contribution in [-0.4, -0.2) is 9.97 Å². The molecule has 0 unspecified atom stereocenters. The molecule has 4 heteroatoms. The standard InChI is InChI=1S/C9H8F2N2/c1-5-12-7-3-2-6(9(10)11)4-8(7)13-5/h2-4,9H,1H3,(H,12,13). The molecular weight excluding hydrogens is 174 g/mol. The molecule has 1 N–H and O–H groups in total. The van der Waals surface area contributed by atoms with Crippen LogP contribution in [0.15, 0.2) is 18.2 Å². The summed E-state index contributed by atoms with van der Waals surface area (Å²) in [5, 5.41) is 0. The highest BCUT2D eigenvalue weighted by Gasteiger charge is 2.08. The fourth-order valence-corrected chi connectivity index (χ4v) is 1.29. The van der Waals surface area contributed by atoms with E-state index in [4.69, 9.17) is 0 Å². The summed E-state index contributed by atoms with van der Waals surface area (Å²) in [4.78, 5) is 7.02. The van der Waals surface area contributed by atoms with Gasteiger partial charge in [0.2, 0.25) is 0 Å². The molecule has 0 aliphatic carbocycles. The number of hydrogen-bond donors (Lipinski definition) is 1. The van der Waals surface area contributed by atoms with Crippen molar-refractivity contribution in [1.29, 1.82) is 0 Å². The van der Waals surface area contributed by atoms with Crippen LogP contribution in [0.1, 0.15) is 17.8 Å². The molecule has 0 bridgehead atoms. The third-order valence-electron chi connectivity index (χ3n) is 1.88. The molecule has 0 spiro atoms. The first-order chi connectivity index (χ1) is 6.16. The van der Waals surface area contributed by atoms with Gasteiger partial charge in [-0.1, -0.05) is 6.07 Å². The Labute approximate surface area is 73.6 Å². The monoisotopic (exact) mass is 182 g/mol. The molecule has 2 rings (SSSR count). The van der Waals surface area contributed by atoms with Crippen LogP contribution in [0, 0.1) is 6.92 Å². The first-order valence-electron chi connectivity index (χ1n) is 3.91. The molecule has 1 heterocycles. The van der Waals surface area contributed by atoms with Gasteiger partial charge in [0.15, 0.2) is 0 Å².